The Bertz CT molecular complexity index is 530. The topological polar surface area (TPSA) is 87.1 Å². The van der Waals surface area contributed by atoms with E-state index in [1.54, 1.807) is 5.38 Å². The molecule has 0 amide bonds. The third kappa shape index (κ3) is 1.81. The first-order valence-corrected chi connectivity index (χ1v) is 6.25. The number of nitrogens with zero attached hydrogens (tertiary/aromatic N) is 3. The van der Waals surface area contributed by atoms with Crippen LogP contribution >= 0.6 is 11.3 Å². The Kier molecular flexibility index (Phi) is 2.37. The minimum Gasteiger partial charge on any atom is -0.375 e. The van der Waals surface area contributed by atoms with Crippen LogP contribution in [0.2, 0.25) is 0 Å². The number of hydrogen-bond donors (Lipinski definition) is 1. The molecule has 3 rings (SSSR count). The maximum absolute atomic E-state index is 5.65. The van der Waals surface area contributed by atoms with E-state index in [1.807, 2.05) is 6.92 Å². The van der Waals surface area contributed by atoms with Gasteiger partial charge in [0.15, 0.2) is 5.13 Å². The Morgan fingerprint density at radius 1 is 1.47 bits per heavy atom. The number of rotatable bonds is 2. The highest BCUT2D eigenvalue weighted by atomic mass is 32.1. The number of nitrogens with two attached hydrogens (primary N) is 1. The van der Waals surface area contributed by atoms with E-state index < -0.39 is 5.60 Å². The van der Waals surface area contributed by atoms with Gasteiger partial charge >= 0.3 is 0 Å². The average Bonchev–Trinajstić information content (AvgIpc) is 2.96. The number of hydrogen-bond acceptors (Lipinski definition) is 7. The van der Waals surface area contributed by atoms with Crippen LogP contribution in [0.1, 0.15) is 25.6 Å². The molecule has 0 spiro atoms. The number of ether oxygens (including phenoxy) is 1. The van der Waals surface area contributed by atoms with Gasteiger partial charge in [-0.2, -0.15) is 4.98 Å². The summed E-state index contributed by atoms with van der Waals surface area (Å²) in [4.78, 5) is 8.44. The molecule has 0 bridgehead atoms. The summed E-state index contributed by atoms with van der Waals surface area (Å²) in [5.74, 6) is 0.973. The van der Waals surface area contributed by atoms with Crippen LogP contribution in [0.15, 0.2) is 9.90 Å². The maximum Gasteiger partial charge on any atom is 0.277 e. The monoisotopic (exact) mass is 252 g/mol. The zero-order valence-corrected chi connectivity index (χ0v) is 10.2. The first-order chi connectivity index (χ1) is 8.17. The molecule has 1 fully saturated rings. The van der Waals surface area contributed by atoms with Crippen molar-refractivity contribution in [3.05, 3.63) is 11.2 Å². The number of thiazole rings is 1. The Labute approximate surface area is 102 Å². The highest BCUT2D eigenvalue weighted by molar-refractivity contribution is 7.13. The summed E-state index contributed by atoms with van der Waals surface area (Å²) in [6.07, 6.45) is 1.93. The second-order valence-corrected chi connectivity index (χ2v) is 5.07. The maximum atomic E-state index is 5.65. The van der Waals surface area contributed by atoms with Gasteiger partial charge < -0.3 is 15.0 Å². The zero-order valence-electron chi connectivity index (χ0n) is 9.34. The fourth-order valence-corrected chi connectivity index (χ4v) is 2.42. The Morgan fingerprint density at radius 2 is 2.35 bits per heavy atom. The number of nitrogen functional groups attached to an aromatic ring is 1. The quantitative estimate of drug-likeness (QED) is 0.876. The van der Waals surface area contributed by atoms with Crippen molar-refractivity contribution in [2.45, 2.75) is 25.4 Å². The summed E-state index contributed by atoms with van der Waals surface area (Å²) in [5, 5.41) is 6.25. The second kappa shape index (κ2) is 3.78. The molecule has 7 heteroatoms. The van der Waals surface area contributed by atoms with Crippen molar-refractivity contribution >= 4 is 16.5 Å². The molecule has 6 nitrogen and oxygen atoms in total. The van der Waals surface area contributed by atoms with Gasteiger partial charge in [-0.3, -0.25) is 0 Å². The van der Waals surface area contributed by atoms with E-state index in [1.165, 1.54) is 11.3 Å². The van der Waals surface area contributed by atoms with Gasteiger partial charge in [0, 0.05) is 12.0 Å². The first-order valence-electron chi connectivity index (χ1n) is 5.37. The van der Waals surface area contributed by atoms with E-state index in [0.717, 1.165) is 19.4 Å². The molecule has 0 aromatic carbocycles. The van der Waals surface area contributed by atoms with Crippen molar-refractivity contribution in [2.75, 3.05) is 12.3 Å². The van der Waals surface area contributed by atoms with Crippen LogP contribution in [0.4, 0.5) is 5.13 Å². The summed E-state index contributed by atoms with van der Waals surface area (Å²) in [6.45, 7) is 2.72. The van der Waals surface area contributed by atoms with Crippen LogP contribution in [-0.2, 0) is 10.3 Å². The molecule has 1 saturated heterocycles. The van der Waals surface area contributed by atoms with E-state index in [9.17, 15) is 0 Å². The average molecular weight is 252 g/mol. The lowest BCUT2D eigenvalue weighted by atomic mass is 10.0. The third-order valence-corrected chi connectivity index (χ3v) is 3.53. The summed E-state index contributed by atoms with van der Waals surface area (Å²) in [6, 6.07) is 0. The van der Waals surface area contributed by atoms with E-state index in [2.05, 4.69) is 15.1 Å². The molecule has 1 unspecified atom stereocenters. The van der Waals surface area contributed by atoms with Gasteiger partial charge in [-0.25, -0.2) is 4.98 Å². The standard InChI is InChI=1S/C10H12N4O2S/c1-10(3-2-4-15-10)8-13-7(16-14-8)6-5-17-9(11)12-6/h5H,2-4H2,1H3,(H2,11,12). The summed E-state index contributed by atoms with van der Waals surface area (Å²) in [5.41, 5.74) is 5.75. The lowest BCUT2D eigenvalue weighted by Crippen LogP contribution is -2.21. The lowest BCUT2D eigenvalue weighted by Gasteiger charge is -2.17. The van der Waals surface area contributed by atoms with Crippen molar-refractivity contribution in [3.8, 4) is 11.6 Å². The molecule has 1 aliphatic rings. The van der Waals surface area contributed by atoms with Crippen LogP contribution < -0.4 is 5.73 Å². The molecule has 2 N–H and O–H groups in total. The van der Waals surface area contributed by atoms with Crippen LogP contribution in [0, 0.1) is 0 Å². The van der Waals surface area contributed by atoms with Gasteiger partial charge in [0.05, 0.1) is 0 Å². The van der Waals surface area contributed by atoms with E-state index >= 15 is 0 Å². The zero-order chi connectivity index (χ0) is 11.9. The highest BCUT2D eigenvalue weighted by Gasteiger charge is 2.36. The molecular formula is C10H12N4O2S. The number of anilines is 1. The van der Waals surface area contributed by atoms with Gasteiger partial charge in [-0.15, -0.1) is 11.3 Å². The van der Waals surface area contributed by atoms with E-state index in [-0.39, 0.29) is 0 Å². The van der Waals surface area contributed by atoms with Gasteiger partial charge in [0.2, 0.25) is 5.82 Å². The molecule has 0 radical (unpaired) electrons. The Morgan fingerprint density at radius 3 is 3.00 bits per heavy atom. The highest BCUT2D eigenvalue weighted by Crippen LogP contribution is 2.34. The molecule has 90 valence electrons. The predicted molar refractivity (Wildman–Crippen MR) is 62.4 cm³/mol. The van der Waals surface area contributed by atoms with Crippen LogP contribution in [0.3, 0.4) is 0 Å². The first kappa shape index (κ1) is 10.7. The van der Waals surface area contributed by atoms with Crippen molar-refractivity contribution < 1.29 is 9.26 Å². The van der Waals surface area contributed by atoms with Crippen molar-refractivity contribution in [3.63, 3.8) is 0 Å². The molecule has 2 aromatic heterocycles. The smallest absolute Gasteiger partial charge is 0.277 e. The molecule has 3 heterocycles. The van der Waals surface area contributed by atoms with Crippen molar-refractivity contribution in [1.82, 2.24) is 15.1 Å². The molecule has 2 aromatic rings. The van der Waals surface area contributed by atoms with Crippen molar-refractivity contribution in [1.29, 1.82) is 0 Å². The molecular weight excluding hydrogens is 240 g/mol. The van der Waals surface area contributed by atoms with Crippen LogP contribution in [-0.4, -0.2) is 21.7 Å². The largest absolute Gasteiger partial charge is 0.375 e. The third-order valence-electron chi connectivity index (χ3n) is 2.86. The summed E-state index contributed by atoms with van der Waals surface area (Å²) in [7, 11) is 0. The van der Waals surface area contributed by atoms with Gasteiger partial charge in [0.1, 0.15) is 11.3 Å². The fourth-order valence-electron chi connectivity index (χ4n) is 1.88. The minimum atomic E-state index is -0.427. The molecule has 1 aliphatic heterocycles. The van der Waals surface area contributed by atoms with Crippen LogP contribution in [0.25, 0.3) is 11.6 Å². The van der Waals surface area contributed by atoms with Gasteiger partial charge in [-0.05, 0) is 19.8 Å². The van der Waals surface area contributed by atoms with Gasteiger partial charge in [0.25, 0.3) is 5.89 Å². The summed E-state index contributed by atoms with van der Waals surface area (Å²) < 4.78 is 10.8. The van der Waals surface area contributed by atoms with Crippen LogP contribution in [0.5, 0.6) is 0 Å². The second-order valence-electron chi connectivity index (χ2n) is 4.18. The lowest BCUT2D eigenvalue weighted by molar-refractivity contribution is 0.00768. The molecule has 0 aliphatic carbocycles. The fraction of sp³-hybridized carbons (Fsp3) is 0.500. The SMILES string of the molecule is CC1(c2noc(-c3csc(N)n3)n2)CCCO1. The summed E-state index contributed by atoms with van der Waals surface area (Å²) >= 11 is 1.35. The Hall–Kier alpha value is -1.47. The van der Waals surface area contributed by atoms with Gasteiger partial charge in [-0.1, -0.05) is 5.16 Å². The molecule has 1 atom stereocenters. The number of aromatic nitrogens is 3. The normalized spacial score (nSPS) is 24.3. The minimum absolute atomic E-state index is 0.393. The van der Waals surface area contributed by atoms with E-state index in [0.29, 0.717) is 22.5 Å². The Balaban J connectivity index is 1.92. The predicted octanol–water partition coefficient (Wildman–Crippen LogP) is 1.80. The molecule has 17 heavy (non-hydrogen) atoms. The van der Waals surface area contributed by atoms with E-state index in [4.69, 9.17) is 15.0 Å². The van der Waals surface area contributed by atoms with Crippen molar-refractivity contribution in [2.24, 2.45) is 0 Å². The molecule has 0 saturated carbocycles.